The number of hydrogen-bond donors (Lipinski definition) is 0. The van der Waals surface area contributed by atoms with Gasteiger partial charge in [-0.05, 0) is 24.5 Å². The fraction of sp³-hybridized carbons (Fsp3) is 0.818. The molecule has 2 rings (SSSR count). The summed E-state index contributed by atoms with van der Waals surface area (Å²) in [6.45, 7) is 1.88. The monoisotopic (exact) mass is 273 g/mol. The highest BCUT2D eigenvalue weighted by molar-refractivity contribution is 7.98. The smallest absolute Gasteiger partial charge is 0.204 e. The third-order valence-electron chi connectivity index (χ3n) is 2.68. The molecule has 1 atom stereocenters. The molecule has 17 heavy (non-hydrogen) atoms. The fourth-order valence-electron chi connectivity index (χ4n) is 1.74. The molecule has 0 aromatic carbocycles. The predicted octanol–water partition coefficient (Wildman–Crippen LogP) is 2.26. The van der Waals surface area contributed by atoms with Crippen LogP contribution >= 0.6 is 23.3 Å². The molecule has 0 radical (unpaired) electrons. The molecule has 2 heterocycles. The van der Waals surface area contributed by atoms with E-state index in [0.717, 1.165) is 41.6 Å². The Morgan fingerprint density at radius 2 is 2.41 bits per heavy atom. The highest BCUT2D eigenvalue weighted by atomic mass is 32.2. The molecular weight excluding hydrogens is 254 g/mol. The molecule has 1 fully saturated rings. The van der Waals surface area contributed by atoms with E-state index in [9.17, 15) is 0 Å². The van der Waals surface area contributed by atoms with Crippen LogP contribution in [0.15, 0.2) is 0 Å². The van der Waals surface area contributed by atoms with Crippen LogP contribution in [-0.2, 0) is 10.5 Å². The van der Waals surface area contributed by atoms with Crippen molar-refractivity contribution in [1.29, 1.82) is 0 Å². The van der Waals surface area contributed by atoms with E-state index >= 15 is 0 Å². The maximum absolute atomic E-state index is 5.47. The Morgan fingerprint density at radius 1 is 1.53 bits per heavy atom. The quantitative estimate of drug-likeness (QED) is 0.823. The second kappa shape index (κ2) is 6.56. The van der Waals surface area contributed by atoms with Gasteiger partial charge in [-0.1, -0.05) is 0 Å². The molecule has 0 aliphatic carbocycles. The van der Waals surface area contributed by atoms with Gasteiger partial charge in [-0.2, -0.15) is 16.1 Å². The number of nitrogens with zero attached hydrogens (tertiary/aromatic N) is 3. The molecule has 0 N–H and O–H groups in total. The minimum absolute atomic E-state index is 0.723. The fourth-order valence-corrected chi connectivity index (χ4v) is 3.45. The van der Waals surface area contributed by atoms with Crippen LogP contribution in [-0.4, -0.2) is 42.4 Å². The van der Waals surface area contributed by atoms with Gasteiger partial charge in [-0.25, -0.2) is 4.98 Å². The molecule has 6 heteroatoms. The Kier molecular flexibility index (Phi) is 5.06. The Balaban J connectivity index is 1.70. The van der Waals surface area contributed by atoms with Gasteiger partial charge in [-0.15, -0.1) is 0 Å². The number of thioether (sulfide) groups is 1. The number of hydrogen-bond acceptors (Lipinski definition) is 6. The molecule has 0 spiro atoms. The molecule has 1 unspecified atom stereocenters. The van der Waals surface area contributed by atoms with E-state index in [-0.39, 0.29) is 0 Å². The first-order valence-corrected chi connectivity index (χ1v) is 7.84. The second-order valence-electron chi connectivity index (χ2n) is 4.49. The molecule has 1 aliphatic heterocycles. The van der Waals surface area contributed by atoms with Crippen molar-refractivity contribution in [3.05, 3.63) is 5.82 Å². The van der Waals surface area contributed by atoms with Crippen molar-refractivity contribution < 1.29 is 4.74 Å². The van der Waals surface area contributed by atoms with Crippen molar-refractivity contribution in [3.8, 4) is 0 Å². The largest absolute Gasteiger partial charge is 0.381 e. The first kappa shape index (κ1) is 13.1. The lowest BCUT2D eigenvalue weighted by Crippen LogP contribution is -2.19. The van der Waals surface area contributed by atoms with E-state index in [1.165, 1.54) is 24.4 Å². The summed E-state index contributed by atoms with van der Waals surface area (Å²) < 4.78 is 9.83. The van der Waals surface area contributed by atoms with Gasteiger partial charge in [0.25, 0.3) is 0 Å². The summed E-state index contributed by atoms with van der Waals surface area (Å²) in [4.78, 5) is 6.47. The van der Waals surface area contributed by atoms with Crippen molar-refractivity contribution in [2.75, 3.05) is 38.0 Å². The van der Waals surface area contributed by atoms with Gasteiger partial charge in [0.05, 0.1) is 12.4 Å². The highest BCUT2D eigenvalue weighted by Crippen LogP contribution is 2.22. The minimum Gasteiger partial charge on any atom is -0.381 e. The van der Waals surface area contributed by atoms with Gasteiger partial charge in [-0.3, -0.25) is 0 Å². The zero-order valence-electron chi connectivity index (χ0n) is 10.4. The van der Waals surface area contributed by atoms with Crippen LogP contribution < -0.4 is 4.90 Å². The molecule has 1 aromatic heterocycles. The molecular formula is C11H19N3OS2. The van der Waals surface area contributed by atoms with Crippen LogP contribution in [0, 0.1) is 5.92 Å². The first-order chi connectivity index (χ1) is 8.25. The summed E-state index contributed by atoms with van der Waals surface area (Å²) in [5, 5.41) is 0.988. The minimum atomic E-state index is 0.723. The maximum Gasteiger partial charge on any atom is 0.204 e. The first-order valence-electron chi connectivity index (χ1n) is 5.91. The summed E-state index contributed by atoms with van der Waals surface area (Å²) in [7, 11) is 3.99. The lowest BCUT2D eigenvalue weighted by Gasteiger charge is -2.21. The Labute approximate surface area is 111 Å². The van der Waals surface area contributed by atoms with Crippen molar-refractivity contribution in [3.63, 3.8) is 0 Å². The van der Waals surface area contributed by atoms with Crippen LogP contribution in [0.1, 0.15) is 18.7 Å². The average Bonchev–Trinajstić information content (AvgIpc) is 2.79. The predicted molar refractivity (Wildman–Crippen MR) is 73.9 cm³/mol. The van der Waals surface area contributed by atoms with Gasteiger partial charge >= 0.3 is 0 Å². The lowest BCUT2D eigenvalue weighted by atomic mass is 10.1. The average molecular weight is 273 g/mol. The second-order valence-corrected chi connectivity index (χ2v) is 6.25. The van der Waals surface area contributed by atoms with Gasteiger partial charge in [0.1, 0.15) is 0 Å². The van der Waals surface area contributed by atoms with E-state index in [4.69, 9.17) is 4.74 Å². The van der Waals surface area contributed by atoms with E-state index in [1.54, 1.807) is 0 Å². The van der Waals surface area contributed by atoms with Gasteiger partial charge < -0.3 is 9.64 Å². The number of anilines is 1. The van der Waals surface area contributed by atoms with E-state index in [2.05, 4.69) is 9.36 Å². The number of rotatable bonds is 5. The summed E-state index contributed by atoms with van der Waals surface area (Å²) in [6.07, 6.45) is 2.52. The van der Waals surface area contributed by atoms with Crippen LogP contribution in [0.5, 0.6) is 0 Å². The zero-order valence-corrected chi connectivity index (χ0v) is 12.0. The number of ether oxygens (including phenoxy) is 1. The van der Waals surface area contributed by atoms with E-state index < -0.39 is 0 Å². The molecule has 96 valence electrons. The topological polar surface area (TPSA) is 38.2 Å². The molecule has 1 saturated heterocycles. The van der Waals surface area contributed by atoms with Crippen molar-refractivity contribution in [2.24, 2.45) is 5.92 Å². The standard InChI is InChI=1S/C11H19N3OS2/c1-14(2)11-12-10(13-17-11)8-16-7-9-4-3-5-15-6-9/h9H,3-8H2,1-2H3. The van der Waals surface area contributed by atoms with E-state index in [0.29, 0.717) is 0 Å². The van der Waals surface area contributed by atoms with Crippen LogP contribution in [0.25, 0.3) is 0 Å². The molecule has 4 nitrogen and oxygen atoms in total. The Bertz CT molecular complexity index is 337. The Hall–Kier alpha value is -0.330. The van der Waals surface area contributed by atoms with E-state index in [1.807, 2.05) is 30.8 Å². The van der Waals surface area contributed by atoms with Crippen LogP contribution in [0.4, 0.5) is 5.13 Å². The third-order valence-corrected chi connectivity index (χ3v) is 4.77. The van der Waals surface area contributed by atoms with Crippen molar-refractivity contribution in [2.45, 2.75) is 18.6 Å². The van der Waals surface area contributed by atoms with Crippen LogP contribution in [0.2, 0.25) is 0 Å². The molecule has 1 aromatic rings. The molecule has 0 saturated carbocycles. The summed E-state index contributed by atoms with van der Waals surface area (Å²) in [5.41, 5.74) is 0. The zero-order chi connectivity index (χ0) is 12.1. The summed E-state index contributed by atoms with van der Waals surface area (Å²) in [5.74, 6) is 3.76. The summed E-state index contributed by atoms with van der Waals surface area (Å²) >= 11 is 3.39. The van der Waals surface area contributed by atoms with Crippen molar-refractivity contribution >= 4 is 28.4 Å². The Morgan fingerprint density at radius 3 is 3.06 bits per heavy atom. The molecule has 1 aliphatic rings. The van der Waals surface area contributed by atoms with Gasteiger partial charge in [0, 0.05) is 32.2 Å². The van der Waals surface area contributed by atoms with Crippen LogP contribution in [0.3, 0.4) is 0 Å². The molecule has 0 amide bonds. The number of aromatic nitrogens is 2. The van der Waals surface area contributed by atoms with Gasteiger partial charge in [0.2, 0.25) is 5.13 Å². The summed E-state index contributed by atoms with van der Waals surface area (Å²) in [6, 6.07) is 0. The lowest BCUT2D eigenvalue weighted by molar-refractivity contribution is 0.0632. The SMILES string of the molecule is CN(C)c1nc(CSCC2CCCOC2)ns1. The normalized spacial score (nSPS) is 20.5. The van der Waals surface area contributed by atoms with Gasteiger partial charge in [0.15, 0.2) is 5.82 Å². The molecule has 0 bridgehead atoms. The van der Waals surface area contributed by atoms with Crippen molar-refractivity contribution in [1.82, 2.24) is 9.36 Å². The third kappa shape index (κ3) is 4.12. The highest BCUT2D eigenvalue weighted by Gasteiger charge is 2.14. The maximum atomic E-state index is 5.47.